The summed E-state index contributed by atoms with van der Waals surface area (Å²) in [4.78, 5) is 17.7. The standard InChI is InChI=1S/C17H23NO4S/c1-2-8-16(19)17(22-18-12-6-7-13-18)23(20,21)14-11-15-9-4-3-5-10-15/h3-5,9-11,14,17H,2,6-8,12-13H2,1H3. The second-order valence-electron chi connectivity index (χ2n) is 5.59. The van der Waals surface area contributed by atoms with E-state index < -0.39 is 21.1 Å². The Morgan fingerprint density at radius 2 is 1.91 bits per heavy atom. The molecule has 1 aliphatic heterocycles. The summed E-state index contributed by atoms with van der Waals surface area (Å²) in [5, 5.41) is 2.67. The van der Waals surface area contributed by atoms with Gasteiger partial charge in [0.1, 0.15) is 0 Å². The Morgan fingerprint density at radius 1 is 1.26 bits per heavy atom. The molecule has 0 radical (unpaired) electrons. The van der Waals surface area contributed by atoms with Gasteiger partial charge >= 0.3 is 0 Å². The van der Waals surface area contributed by atoms with Crippen LogP contribution in [-0.4, -0.2) is 37.8 Å². The first-order valence-electron chi connectivity index (χ1n) is 7.94. The largest absolute Gasteiger partial charge is 0.295 e. The molecule has 1 heterocycles. The lowest BCUT2D eigenvalue weighted by Crippen LogP contribution is -2.38. The molecule has 23 heavy (non-hydrogen) atoms. The maximum Gasteiger partial charge on any atom is 0.241 e. The lowest BCUT2D eigenvalue weighted by atomic mass is 10.2. The molecule has 1 aliphatic rings. The van der Waals surface area contributed by atoms with Crippen LogP contribution < -0.4 is 0 Å². The molecule has 1 atom stereocenters. The molecule has 1 unspecified atom stereocenters. The Labute approximate surface area is 137 Å². The summed E-state index contributed by atoms with van der Waals surface area (Å²) in [5.74, 6) is -0.392. The number of hydrogen-bond donors (Lipinski definition) is 0. The molecule has 0 bridgehead atoms. The zero-order chi connectivity index (χ0) is 16.7. The van der Waals surface area contributed by atoms with Crippen molar-refractivity contribution in [3.8, 4) is 0 Å². The van der Waals surface area contributed by atoms with Crippen LogP contribution in [0.2, 0.25) is 0 Å². The van der Waals surface area contributed by atoms with Crippen molar-refractivity contribution in [2.24, 2.45) is 0 Å². The molecule has 5 nitrogen and oxygen atoms in total. The minimum Gasteiger partial charge on any atom is -0.295 e. The quantitative estimate of drug-likeness (QED) is 0.730. The number of nitrogens with zero attached hydrogens (tertiary/aromatic N) is 1. The summed E-state index contributed by atoms with van der Waals surface area (Å²) >= 11 is 0. The van der Waals surface area contributed by atoms with E-state index in [0.29, 0.717) is 19.5 Å². The van der Waals surface area contributed by atoms with Gasteiger partial charge < -0.3 is 0 Å². The van der Waals surface area contributed by atoms with Gasteiger partial charge in [0, 0.05) is 24.9 Å². The molecular formula is C17H23NO4S. The van der Waals surface area contributed by atoms with Crippen LogP contribution in [0, 0.1) is 0 Å². The first kappa shape index (κ1) is 17.8. The van der Waals surface area contributed by atoms with E-state index in [1.807, 2.05) is 25.1 Å². The van der Waals surface area contributed by atoms with Crippen molar-refractivity contribution in [3.63, 3.8) is 0 Å². The van der Waals surface area contributed by atoms with E-state index in [1.54, 1.807) is 17.2 Å². The average molecular weight is 337 g/mol. The van der Waals surface area contributed by atoms with Gasteiger partial charge in [-0.1, -0.05) is 37.3 Å². The molecule has 1 fully saturated rings. The highest BCUT2D eigenvalue weighted by Gasteiger charge is 2.34. The number of benzene rings is 1. The van der Waals surface area contributed by atoms with Crippen LogP contribution in [0.1, 0.15) is 38.2 Å². The topological polar surface area (TPSA) is 63.7 Å². The number of ketones is 1. The van der Waals surface area contributed by atoms with Gasteiger partial charge in [-0.05, 0) is 30.9 Å². The van der Waals surface area contributed by atoms with Gasteiger partial charge in [-0.15, -0.1) is 0 Å². The molecule has 1 saturated heterocycles. The van der Waals surface area contributed by atoms with E-state index in [4.69, 9.17) is 4.84 Å². The summed E-state index contributed by atoms with van der Waals surface area (Å²) in [6.07, 6.45) is 4.19. The number of carbonyl (C=O) groups excluding carboxylic acids is 1. The molecule has 0 spiro atoms. The van der Waals surface area contributed by atoms with Crippen molar-refractivity contribution in [2.45, 2.75) is 38.0 Å². The van der Waals surface area contributed by atoms with Crippen LogP contribution in [0.4, 0.5) is 0 Å². The summed E-state index contributed by atoms with van der Waals surface area (Å²) < 4.78 is 25.1. The van der Waals surface area contributed by atoms with E-state index in [9.17, 15) is 13.2 Å². The number of hydroxylamine groups is 2. The molecule has 126 valence electrons. The van der Waals surface area contributed by atoms with Crippen LogP contribution in [0.15, 0.2) is 35.7 Å². The predicted octanol–water partition coefficient (Wildman–Crippen LogP) is 2.79. The monoisotopic (exact) mass is 337 g/mol. The predicted molar refractivity (Wildman–Crippen MR) is 90.0 cm³/mol. The Bertz CT molecular complexity index is 634. The molecule has 1 aromatic rings. The molecule has 2 rings (SSSR count). The number of sulfone groups is 1. The lowest BCUT2D eigenvalue weighted by molar-refractivity contribution is -0.170. The van der Waals surface area contributed by atoms with Crippen molar-refractivity contribution < 1.29 is 18.0 Å². The zero-order valence-corrected chi connectivity index (χ0v) is 14.2. The van der Waals surface area contributed by atoms with Crippen molar-refractivity contribution in [1.29, 1.82) is 0 Å². The van der Waals surface area contributed by atoms with Crippen molar-refractivity contribution in [2.75, 3.05) is 13.1 Å². The highest BCUT2D eigenvalue weighted by atomic mass is 32.2. The summed E-state index contributed by atoms with van der Waals surface area (Å²) in [6.45, 7) is 3.17. The molecule has 1 aromatic carbocycles. The van der Waals surface area contributed by atoms with E-state index in [-0.39, 0.29) is 6.42 Å². The van der Waals surface area contributed by atoms with Gasteiger partial charge in [0.15, 0.2) is 5.78 Å². The van der Waals surface area contributed by atoms with Crippen LogP contribution in [0.3, 0.4) is 0 Å². The molecule has 6 heteroatoms. The van der Waals surface area contributed by atoms with E-state index in [2.05, 4.69) is 0 Å². The summed E-state index contributed by atoms with van der Waals surface area (Å²) in [7, 11) is -3.82. The minimum absolute atomic E-state index is 0.191. The smallest absolute Gasteiger partial charge is 0.241 e. The first-order chi connectivity index (χ1) is 11.0. The van der Waals surface area contributed by atoms with Gasteiger partial charge in [0.2, 0.25) is 15.3 Å². The van der Waals surface area contributed by atoms with Crippen molar-refractivity contribution in [1.82, 2.24) is 5.06 Å². The Balaban J connectivity index is 2.17. The van der Waals surface area contributed by atoms with Crippen LogP contribution >= 0.6 is 0 Å². The molecule has 0 aromatic heterocycles. The molecule has 0 saturated carbocycles. The van der Waals surface area contributed by atoms with Crippen LogP contribution in [-0.2, 0) is 19.5 Å². The second kappa shape index (κ2) is 8.38. The maximum atomic E-state index is 12.5. The third kappa shape index (κ3) is 5.27. The van der Waals surface area contributed by atoms with E-state index in [1.165, 1.54) is 6.08 Å². The maximum absolute atomic E-state index is 12.5. The van der Waals surface area contributed by atoms with E-state index >= 15 is 0 Å². The summed E-state index contributed by atoms with van der Waals surface area (Å²) in [5.41, 5.74) is -0.681. The molecule has 0 aliphatic carbocycles. The third-order valence-electron chi connectivity index (χ3n) is 3.62. The Morgan fingerprint density at radius 3 is 2.52 bits per heavy atom. The normalized spacial score (nSPS) is 17.6. The fourth-order valence-corrected chi connectivity index (χ4v) is 3.62. The fourth-order valence-electron chi connectivity index (χ4n) is 2.40. The highest BCUT2D eigenvalue weighted by Crippen LogP contribution is 2.18. The number of rotatable bonds is 8. The molecule has 0 N–H and O–H groups in total. The third-order valence-corrected chi connectivity index (χ3v) is 5.08. The molecule has 0 amide bonds. The van der Waals surface area contributed by atoms with Gasteiger partial charge in [-0.2, -0.15) is 5.06 Å². The van der Waals surface area contributed by atoms with Crippen molar-refractivity contribution >= 4 is 21.7 Å². The highest BCUT2D eigenvalue weighted by molar-refractivity contribution is 7.95. The van der Waals surface area contributed by atoms with Crippen LogP contribution in [0.5, 0.6) is 0 Å². The number of carbonyl (C=O) groups is 1. The summed E-state index contributed by atoms with van der Waals surface area (Å²) in [6, 6.07) is 9.11. The average Bonchev–Trinajstić information content (AvgIpc) is 3.05. The van der Waals surface area contributed by atoms with Gasteiger partial charge in [0.05, 0.1) is 0 Å². The second-order valence-corrected chi connectivity index (χ2v) is 7.47. The minimum atomic E-state index is -3.82. The van der Waals surface area contributed by atoms with E-state index in [0.717, 1.165) is 23.8 Å². The number of Topliss-reactive ketones (excluding diaryl/α,β-unsaturated/α-hetero) is 1. The SMILES string of the molecule is CCCC(=O)C(ON1CCCC1)S(=O)(=O)C=Cc1ccccc1. The van der Waals surface area contributed by atoms with Gasteiger partial charge in [-0.25, -0.2) is 8.42 Å². The molecular weight excluding hydrogens is 314 g/mol. The van der Waals surface area contributed by atoms with Gasteiger partial charge in [-0.3, -0.25) is 9.63 Å². The zero-order valence-electron chi connectivity index (χ0n) is 13.3. The lowest BCUT2D eigenvalue weighted by Gasteiger charge is -2.21. The fraction of sp³-hybridized carbons (Fsp3) is 0.471. The Hall–Kier alpha value is -1.50. The van der Waals surface area contributed by atoms with Gasteiger partial charge in [0.25, 0.3) is 0 Å². The Kier molecular flexibility index (Phi) is 6.50. The van der Waals surface area contributed by atoms with Crippen molar-refractivity contribution in [3.05, 3.63) is 41.3 Å². The number of hydrogen-bond acceptors (Lipinski definition) is 5. The van der Waals surface area contributed by atoms with Crippen LogP contribution in [0.25, 0.3) is 6.08 Å². The first-order valence-corrected chi connectivity index (χ1v) is 9.55.